The Kier molecular flexibility index (Phi) is 3.87. The molecule has 0 radical (unpaired) electrons. The molecule has 1 aromatic carbocycles. The molecule has 16 heavy (non-hydrogen) atoms. The molecule has 0 aliphatic carbocycles. The van der Waals surface area contributed by atoms with Crippen molar-refractivity contribution in [2.45, 2.75) is 12.5 Å². The van der Waals surface area contributed by atoms with Crippen LogP contribution in [0.5, 0.6) is 0 Å². The molecular formula is C11H11BrF2OS. The van der Waals surface area contributed by atoms with Crippen LogP contribution in [-0.2, 0) is 0 Å². The van der Waals surface area contributed by atoms with Gasteiger partial charge in [0.25, 0.3) is 0 Å². The highest BCUT2D eigenvalue weighted by atomic mass is 79.9. The van der Waals surface area contributed by atoms with Crippen LogP contribution in [0.1, 0.15) is 18.1 Å². The van der Waals surface area contributed by atoms with E-state index in [-0.39, 0.29) is 16.0 Å². The van der Waals surface area contributed by atoms with Crippen LogP contribution < -0.4 is 0 Å². The molecule has 1 saturated heterocycles. The zero-order chi connectivity index (χ0) is 11.7. The van der Waals surface area contributed by atoms with Gasteiger partial charge in [-0.15, -0.1) is 0 Å². The summed E-state index contributed by atoms with van der Waals surface area (Å²) in [5, 5.41) is 9.99. The van der Waals surface area contributed by atoms with E-state index in [9.17, 15) is 13.9 Å². The van der Waals surface area contributed by atoms with E-state index in [0.29, 0.717) is 0 Å². The highest BCUT2D eigenvalue weighted by Gasteiger charge is 2.29. The van der Waals surface area contributed by atoms with Crippen molar-refractivity contribution in [2.24, 2.45) is 5.92 Å². The van der Waals surface area contributed by atoms with E-state index in [1.54, 1.807) is 11.8 Å². The molecule has 0 aromatic heterocycles. The van der Waals surface area contributed by atoms with Gasteiger partial charge in [0, 0.05) is 0 Å². The molecule has 0 bridgehead atoms. The Labute approximate surface area is 105 Å². The minimum Gasteiger partial charge on any atom is -0.388 e. The summed E-state index contributed by atoms with van der Waals surface area (Å²) < 4.78 is 27.4. The number of rotatable bonds is 2. The summed E-state index contributed by atoms with van der Waals surface area (Å²) in [4.78, 5) is 0. The lowest BCUT2D eigenvalue weighted by Crippen LogP contribution is -2.15. The first-order valence-corrected chi connectivity index (χ1v) is 6.95. The van der Waals surface area contributed by atoms with E-state index in [0.717, 1.165) is 17.9 Å². The molecule has 1 heterocycles. The molecule has 2 rings (SSSR count). The van der Waals surface area contributed by atoms with Crippen molar-refractivity contribution in [1.82, 2.24) is 0 Å². The molecule has 2 atom stereocenters. The van der Waals surface area contributed by atoms with Crippen molar-refractivity contribution in [3.8, 4) is 0 Å². The second-order valence-corrected chi connectivity index (χ2v) is 5.83. The Morgan fingerprint density at radius 1 is 1.44 bits per heavy atom. The van der Waals surface area contributed by atoms with E-state index in [4.69, 9.17) is 0 Å². The summed E-state index contributed by atoms with van der Waals surface area (Å²) in [6.07, 6.45) is -0.246. The van der Waals surface area contributed by atoms with Crippen LogP contribution >= 0.6 is 27.7 Å². The molecule has 88 valence electrons. The number of aliphatic hydroxyl groups is 1. The van der Waals surface area contributed by atoms with Crippen LogP contribution in [0.25, 0.3) is 0 Å². The fourth-order valence-electron chi connectivity index (χ4n) is 1.85. The first kappa shape index (κ1) is 12.3. The highest BCUT2D eigenvalue weighted by Crippen LogP contribution is 2.37. The van der Waals surface area contributed by atoms with Crippen LogP contribution in [0.2, 0.25) is 0 Å². The maximum Gasteiger partial charge on any atom is 0.146 e. The number of hydrogen-bond donors (Lipinski definition) is 1. The largest absolute Gasteiger partial charge is 0.388 e. The number of benzene rings is 1. The normalized spacial score (nSPS) is 22.4. The van der Waals surface area contributed by atoms with Gasteiger partial charge in [-0.1, -0.05) is 0 Å². The standard InChI is InChI=1S/C11H11BrF2OS/c12-7-1-2-8(13)9(10(7)14)11(15)6-3-4-16-5-6/h1-2,6,11,15H,3-5H2. The Morgan fingerprint density at radius 3 is 2.81 bits per heavy atom. The van der Waals surface area contributed by atoms with Gasteiger partial charge in [0.05, 0.1) is 16.1 Å². The van der Waals surface area contributed by atoms with Crippen LogP contribution in [-0.4, -0.2) is 16.6 Å². The smallest absolute Gasteiger partial charge is 0.146 e. The van der Waals surface area contributed by atoms with Crippen molar-refractivity contribution in [1.29, 1.82) is 0 Å². The van der Waals surface area contributed by atoms with Crippen LogP contribution in [0.15, 0.2) is 16.6 Å². The second kappa shape index (κ2) is 5.02. The zero-order valence-corrected chi connectivity index (χ0v) is 10.8. The Balaban J connectivity index is 2.34. The molecule has 1 aliphatic heterocycles. The monoisotopic (exact) mass is 308 g/mol. The van der Waals surface area contributed by atoms with Gasteiger partial charge in [-0.3, -0.25) is 0 Å². The lowest BCUT2D eigenvalue weighted by Gasteiger charge is -2.19. The molecule has 0 amide bonds. The zero-order valence-electron chi connectivity index (χ0n) is 8.42. The Hall–Kier alpha value is -0.130. The molecule has 1 fully saturated rings. The van der Waals surface area contributed by atoms with E-state index in [1.807, 2.05) is 0 Å². The number of aliphatic hydroxyl groups excluding tert-OH is 1. The van der Waals surface area contributed by atoms with Gasteiger partial charge >= 0.3 is 0 Å². The summed E-state index contributed by atoms with van der Waals surface area (Å²) in [5.74, 6) is 0.281. The minimum atomic E-state index is -1.05. The highest BCUT2D eigenvalue weighted by molar-refractivity contribution is 9.10. The van der Waals surface area contributed by atoms with Crippen molar-refractivity contribution < 1.29 is 13.9 Å². The third-order valence-electron chi connectivity index (χ3n) is 2.79. The SMILES string of the molecule is OC(c1c(F)ccc(Br)c1F)C1CCSC1. The van der Waals surface area contributed by atoms with Crippen molar-refractivity contribution in [3.63, 3.8) is 0 Å². The molecule has 5 heteroatoms. The molecule has 0 spiro atoms. The van der Waals surface area contributed by atoms with E-state index >= 15 is 0 Å². The van der Waals surface area contributed by atoms with E-state index in [1.165, 1.54) is 12.1 Å². The Bertz CT molecular complexity index is 394. The van der Waals surface area contributed by atoms with Gasteiger partial charge in [0.2, 0.25) is 0 Å². The van der Waals surface area contributed by atoms with Crippen LogP contribution in [0.4, 0.5) is 8.78 Å². The Morgan fingerprint density at radius 2 is 2.19 bits per heavy atom. The van der Waals surface area contributed by atoms with E-state index in [2.05, 4.69) is 15.9 Å². The average molecular weight is 309 g/mol. The maximum atomic E-state index is 13.7. The summed E-state index contributed by atoms with van der Waals surface area (Å²) >= 11 is 4.70. The van der Waals surface area contributed by atoms with Gasteiger partial charge in [-0.25, -0.2) is 8.78 Å². The maximum absolute atomic E-state index is 13.7. The predicted molar refractivity (Wildman–Crippen MR) is 64.4 cm³/mol. The first-order valence-electron chi connectivity index (χ1n) is 5.00. The predicted octanol–water partition coefficient (Wildman–Crippen LogP) is 3.51. The van der Waals surface area contributed by atoms with Gasteiger partial charge in [-0.05, 0) is 51.9 Å². The number of hydrogen-bond acceptors (Lipinski definition) is 2. The lowest BCUT2D eigenvalue weighted by molar-refractivity contribution is 0.113. The molecule has 0 saturated carbocycles. The van der Waals surface area contributed by atoms with Crippen molar-refractivity contribution >= 4 is 27.7 Å². The molecule has 1 aliphatic rings. The topological polar surface area (TPSA) is 20.2 Å². The first-order chi connectivity index (χ1) is 7.61. The molecule has 1 nitrogen and oxygen atoms in total. The summed E-state index contributed by atoms with van der Waals surface area (Å²) in [6.45, 7) is 0. The number of thioether (sulfide) groups is 1. The molecule has 2 unspecified atom stereocenters. The third-order valence-corrected chi connectivity index (χ3v) is 4.59. The van der Waals surface area contributed by atoms with Gasteiger partial charge in [0.15, 0.2) is 0 Å². The van der Waals surface area contributed by atoms with Crippen molar-refractivity contribution in [3.05, 3.63) is 33.8 Å². The summed E-state index contributed by atoms with van der Waals surface area (Å²) in [6, 6.07) is 2.48. The van der Waals surface area contributed by atoms with Gasteiger partial charge in [0.1, 0.15) is 11.6 Å². The average Bonchev–Trinajstić information content (AvgIpc) is 2.77. The lowest BCUT2D eigenvalue weighted by atomic mass is 9.94. The van der Waals surface area contributed by atoms with Gasteiger partial charge < -0.3 is 5.11 Å². The molecule has 1 N–H and O–H groups in total. The fourth-order valence-corrected chi connectivity index (χ4v) is 3.48. The number of halogens is 3. The third kappa shape index (κ3) is 2.26. The summed E-state index contributed by atoms with van der Waals surface area (Å²) in [7, 11) is 0. The van der Waals surface area contributed by atoms with Crippen LogP contribution in [0, 0.1) is 17.6 Å². The quantitative estimate of drug-likeness (QED) is 0.844. The fraction of sp³-hybridized carbons (Fsp3) is 0.455. The van der Waals surface area contributed by atoms with Crippen LogP contribution in [0.3, 0.4) is 0 Å². The van der Waals surface area contributed by atoms with E-state index < -0.39 is 17.7 Å². The molecular weight excluding hydrogens is 298 g/mol. The van der Waals surface area contributed by atoms with Gasteiger partial charge in [-0.2, -0.15) is 11.8 Å². The minimum absolute atomic E-state index is 0.0525. The van der Waals surface area contributed by atoms with Crippen molar-refractivity contribution in [2.75, 3.05) is 11.5 Å². The summed E-state index contributed by atoms with van der Waals surface area (Å²) in [5.41, 5.74) is -0.207. The second-order valence-electron chi connectivity index (χ2n) is 3.83. The molecule has 1 aromatic rings.